The maximum absolute atomic E-state index is 11.7. The molecule has 4 aromatic carbocycles. The molecule has 0 aromatic heterocycles. The Morgan fingerprint density at radius 3 is 2.59 bits per heavy atom. The number of hydrogen-bond donors (Lipinski definition) is 2. The van der Waals surface area contributed by atoms with Crippen LogP contribution in [0.15, 0.2) is 84.9 Å². The molecule has 2 atom stereocenters. The fraction of sp³-hybridized carbons (Fsp3) is 0.281. The van der Waals surface area contributed by atoms with Crippen LogP contribution in [0.3, 0.4) is 0 Å². The monoisotopic (exact) mass is 546 g/mol. The lowest BCUT2D eigenvalue weighted by Crippen LogP contribution is -2.44. The molecule has 4 aromatic rings. The molecule has 0 fully saturated rings. The van der Waals surface area contributed by atoms with Crippen LogP contribution in [0.5, 0.6) is 11.5 Å². The number of carboxylic acid groups (broad SMARTS) is 1. The van der Waals surface area contributed by atoms with E-state index < -0.39 is 11.6 Å². The minimum Gasteiger partial charge on any atom is -0.485 e. The average molecular weight is 547 g/mol. The number of anilines is 2. The summed E-state index contributed by atoms with van der Waals surface area (Å²) in [6.07, 6.45) is -0.0940. The maximum Gasteiger partial charge on any atom is 0.347 e. The molecule has 0 aliphatic carbocycles. The molecule has 6 nitrogen and oxygen atoms in total. The number of aryl methyl sites for hydroxylation is 1. The summed E-state index contributed by atoms with van der Waals surface area (Å²) in [5, 5.41) is 15.7. The summed E-state index contributed by atoms with van der Waals surface area (Å²) in [4.78, 5) is 13.9. The molecule has 0 radical (unpaired) electrons. The zero-order valence-electron chi connectivity index (χ0n) is 22.7. The number of aliphatic carboxylic acids is 1. The largest absolute Gasteiger partial charge is 0.485 e. The highest BCUT2D eigenvalue weighted by Gasteiger charge is 2.31. The summed E-state index contributed by atoms with van der Waals surface area (Å²) >= 11 is 0. The van der Waals surface area contributed by atoms with E-state index in [1.165, 1.54) is 16.3 Å². The Kier molecular flexibility index (Phi) is 8.38. The van der Waals surface area contributed by atoms with Crippen molar-refractivity contribution in [2.24, 2.45) is 0 Å². The highest BCUT2D eigenvalue weighted by Crippen LogP contribution is 2.40. The third kappa shape index (κ3) is 5.97. The Balaban J connectivity index is 0.00000353. The van der Waals surface area contributed by atoms with E-state index in [2.05, 4.69) is 59.6 Å². The first-order valence-corrected chi connectivity index (χ1v) is 13.0. The SMILES string of the molecule is Cc1ccc(N2CC(CN[C@H](C)c3cccc4ccccc34)Oc3ccccc32)cc1OC(C)(C)C(=O)O.Cl. The quantitative estimate of drug-likeness (QED) is 0.246. The van der Waals surface area contributed by atoms with Crippen molar-refractivity contribution in [1.82, 2.24) is 5.32 Å². The molecule has 2 N–H and O–H groups in total. The van der Waals surface area contributed by atoms with Crippen molar-refractivity contribution in [1.29, 1.82) is 0 Å². The summed E-state index contributed by atoms with van der Waals surface area (Å²) in [6.45, 7) is 8.53. The summed E-state index contributed by atoms with van der Waals surface area (Å²) in [7, 11) is 0. The van der Waals surface area contributed by atoms with E-state index in [-0.39, 0.29) is 24.6 Å². The molecule has 5 rings (SSSR count). The van der Waals surface area contributed by atoms with Crippen molar-refractivity contribution in [3.05, 3.63) is 96.1 Å². The number of nitrogens with one attached hydrogen (secondary N) is 1. The molecule has 7 heteroatoms. The van der Waals surface area contributed by atoms with E-state index in [0.717, 1.165) is 22.7 Å². The van der Waals surface area contributed by atoms with Crippen LogP contribution in [0.2, 0.25) is 0 Å². The lowest BCUT2D eigenvalue weighted by atomic mass is 9.99. The van der Waals surface area contributed by atoms with Gasteiger partial charge in [-0.15, -0.1) is 12.4 Å². The van der Waals surface area contributed by atoms with Crippen LogP contribution in [0, 0.1) is 6.92 Å². The van der Waals surface area contributed by atoms with Crippen LogP contribution >= 0.6 is 12.4 Å². The molecule has 0 amide bonds. The van der Waals surface area contributed by atoms with Crippen molar-refractivity contribution >= 4 is 40.5 Å². The van der Waals surface area contributed by atoms with Gasteiger partial charge in [-0.2, -0.15) is 0 Å². The smallest absolute Gasteiger partial charge is 0.347 e. The molecule has 204 valence electrons. The van der Waals surface area contributed by atoms with Crippen molar-refractivity contribution in [3.63, 3.8) is 0 Å². The maximum atomic E-state index is 11.7. The number of carboxylic acids is 1. The molecular formula is C32H35ClN2O4. The number of carbonyl (C=O) groups is 1. The minimum absolute atomic E-state index is 0. The average Bonchev–Trinajstić information content (AvgIpc) is 2.92. The fourth-order valence-corrected chi connectivity index (χ4v) is 4.88. The van der Waals surface area contributed by atoms with Gasteiger partial charge in [-0.3, -0.25) is 0 Å². The van der Waals surface area contributed by atoms with E-state index in [9.17, 15) is 9.90 Å². The van der Waals surface area contributed by atoms with E-state index in [4.69, 9.17) is 9.47 Å². The highest BCUT2D eigenvalue weighted by atomic mass is 35.5. The third-order valence-corrected chi connectivity index (χ3v) is 7.14. The molecule has 1 unspecified atom stereocenters. The van der Waals surface area contributed by atoms with E-state index in [0.29, 0.717) is 18.8 Å². The van der Waals surface area contributed by atoms with Gasteiger partial charge in [0.2, 0.25) is 0 Å². The second kappa shape index (κ2) is 11.6. The number of rotatable bonds is 8. The number of nitrogens with zero attached hydrogens (tertiary/aromatic N) is 1. The predicted octanol–water partition coefficient (Wildman–Crippen LogP) is 7.06. The van der Waals surface area contributed by atoms with Gasteiger partial charge in [-0.1, -0.05) is 60.7 Å². The van der Waals surface area contributed by atoms with Gasteiger partial charge in [-0.05, 0) is 67.8 Å². The Hall–Kier alpha value is -3.74. The summed E-state index contributed by atoms with van der Waals surface area (Å²) < 4.78 is 12.3. The normalized spacial score (nSPS) is 15.6. The Bertz CT molecular complexity index is 1470. The van der Waals surface area contributed by atoms with Crippen LogP contribution in [0.4, 0.5) is 11.4 Å². The first kappa shape index (κ1) is 28.3. The molecule has 0 saturated carbocycles. The molecule has 0 spiro atoms. The number of ether oxygens (including phenoxy) is 2. The van der Waals surface area contributed by atoms with Gasteiger partial charge in [0.1, 0.15) is 17.6 Å². The van der Waals surface area contributed by atoms with E-state index in [1.54, 1.807) is 13.8 Å². The van der Waals surface area contributed by atoms with Crippen molar-refractivity contribution in [3.8, 4) is 11.5 Å². The van der Waals surface area contributed by atoms with Crippen LogP contribution in [0.25, 0.3) is 10.8 Å². The van der Waals surface area contributed by atoms with Gasteiger partial charge in [0.15, 0.2) is 5.60 Å². The van der Waals surface area contributed by atoms with Crippen molar-refractivity contribution in [2.45, 2.75) is 45.4 Å². The zero-order chi connectivity index (χ0) is 26.9. The second-order valence-corrected chi connectivity index (χ2v) is 10.4. The molecule has 39 heavy (non-hydrogen) atoms. The van der Waals surface area contributed by atoms with Gasteiger partial charge in [-0.25, -0.2) is 4.79 Å². The summed E-state index contributed by atoms with van der Waals surface area (Å²) in [5.41, 5.74) is 2.70. The first-order valence-electron chi connectivity index (χ1n) is 13.0. The second-order valence-electron chi connectivity index (χ2n) is 10.4. The number of hydrogen-bond acceptors (Lipinski definition) is 5. The highest BCUT2D eigenvalue weighted by molar-refractivity contribution is 5.86. The van der Waals surface area contributed by atoms with Gasteiger partial charge in [0.05, 0.1) is 12.2 Å². The topological polar surface area (TPSA) is 71.0 Å². The zero-order valence-corrected chi connectivity index (χ0v) is 23.5. The molecular weight excluding hydrogens is 512 g/mol. The Morgan fingerprint density at radius 2 is 1.79 bits per heavy atom. The summed E-state index contributed by atoms with van der Waals surface area (Å²) in [6, 6.07) is 29.0. The predicted molar refractivity (Wildman–Crippen MR) is 159 cm³/mol. The van der Waals surface area contributed by atoms with Crippen LogP contribution in [-0.4, -0.2) is 35.9 Å². The van der Waals surface area contributed by atoms with Crippen LogP contribution in [0.1, 0.15) is 37.9 Å². The lowest BCUT2D eigenvalue weighted by molar-refractivity contribution is -0.152. The van der Waals surface area contributed by atoms with Crippen LogP contribution in [-0.2, 0) is 4.79 Å². The number of para-hydroxylation sites is 2. The Morgan fingerprint density at radius 1 is 1.08 bits per heavy atom. The van der Waals surface area contributed by atoms with Gasteiger partial charge in [0, 0.05) is 24.3 Å². The number of halogens is 1. The summed E-state index contributed by atoms with van der Waals surface area (Å²) in [5.74, 6) is 0.362. The van der Waals surface area contributed by atoms with Gasteiger partial charge in [0.25, 0.3) is 0 Å². The molecule has 0 bridgehead atoms. The molecule has 1 aliphatic heterocycles. The van der Waals surface area contributed by atoms with Crippen molar-refractivity contribution in [2.75, 3.05) is 18.0 Å². The minimum atomic E-state index is -1.34. The van der Waals surface area contributed by atoms with E-state index in [1.807, 2.05) is 49.4 Å². The number of fused-ring (bicyclic) bond motifs is 2. The van der Waals surface area contributed by atoms with Gasteiger partial charge >= 0.3 is 5.97 Å². The standard InChI is InChI=1S/C32H34N2O4.ClH/c1-21-16-17-24(18-30(21)38-32(3,4)31(35)36)34-20-25(37-29-15-8-7-14-28(29)34)19-33-22(2)26-13-9-11-23-10-5-6-12-27(23)26;/h5-18,22,25,33H,19-20H2,1-4H3,(H,35,36);1H/t22-,25?;/m1./s1. The molecule has 0 saturated heterocycles. The number of benzene rings is 4. The third-order valence-electron chi connectivity index (χ3n) is 7.14. The van der Waals surface area contributed by atoms with Gasteiger partial charge < -0.3 is 24.8 Å². The van der Waals surface area contributed by atoms with Crippen LogP contribution < -0.4 is 19.7 Å². The lowest BCUT2D eigenvalue weighted by Gasteiger charge is -2.37. The Labute approximate surface area is 236 Å². The van der Waals surface area contributed by atoms with E-state index >= 15 is 0 Å². The fourth-order valence-electron chi connectivity index (χ4n) is 4.88. The first-order chi connectivity index (χ1) is 18.2. The van der Waals surface area contributed by atoms with Crippen molar-refractivity contribution < 1.29 is 19.4 Å². The molecule has 1 heterocycles. The molecule has 1 aliphatic rings.